The maximum absolute atomic E-state index is 10.9. The molecule has 2 amide bonds. The molecule has 0 aromatic rings. The highest BCUT2D eigenvalue weighted by atomic mass is 16.4. The number of rotatable bonds is 4. The molecule has 0 radical (unpaired) electrons. The Balaban J connectivity index is 4.05. The molecule has 0 spiro atoms. The van der Waals surface area contributed by atoms with Gasteiger partial charge in [-0.25, -0.2) is 9.59 Å². The summed E-state index contributed by atoms with van der Waals surface area (Å²) in [6.07, 6.45) is 9.74. The molecule has 0 heterocycles. The van der Waals surface area contributed by atoms with Crippen LogP contribution in [0.5, 0.6) is 0 Å². The lowest BCUT2D eigenvalue weighted by Gasteiger charge is -2.11. The van der Waals surface area contributed by atoms with Gasteiger partial charge in [-0.1, -0.05) is 5.92 Å². The Morgan fingerprint density at radius 3 is 2.43 bits per heavy atom. The molecule has 0 aliphatic heterocycles. The zero-order valence-electron chi connectivity index (χ0n) is 7.41. The van der Waals surface area contributed by atoms with E-state index in [4.69, 9.17) is 18.0 Å². The van der Waals surface area contributed by atoms with E-state index in [1.54, 1.807) is 0 Å². The summed E-state index contributed by atoms with van der Waals surface area (Å²) < 4.78 is 0. The SMILES string of the molecule is C#CCNC(=O)NC(CC#C)C(=O)O. The third-order valence-electron chi connectivity index (χ3n) is 1.28. The maximum atomic E-state index is 10.9. The van der Waals surface area contributed by atoms with E-state index < -0.39 is 18.0 Å². The fraction of sp³-hybridized carbons (Fsp3) is 0.333. The van der Waals surface area contributed by atoms with Gasteiger partial charge in [-0.15, -0.1) is 18.8 Å². The molecule has 1 unspecified atom stereocenters. The predicted octanol–water partition coefficient (Wildman–Crippen LogP) is -0.605. The van der Waals surface area contributed by atoms with Crippen LogP contribution in [-0.2, 0) is 4.79 Å². The van der Waals surface area contributed by atoms with Crippen molar-refractivity contribution in [1.82, 2.24) is 10.6 Å². The molecular weight excluding hydrogens is 184 g/mol. The molecule has 0 aromatic heterocycles. The van der Waals surface area contributed by atoms with Gasteiger partial charge in [0.05, 0.1) is 6.54 Å². The van der Waals surface area contributed by atoms with Gasteiger partial charge in [-0.3, -0.25) is 0 Å². The Kier molecular flexibility index (Phi) is 5.41. The van der Waals surface area contributed by atoms with Crippen molar-refractivity contribution < 1.29 is 14.7 Å². The number of hydrogen-bond acceptors (Lipinski definition) is 2. The number of urea groups is 1. The predicted molar refractivity (Wildman–Crippen MR) is 50.2 cm³/mol. The molecule has 0 aliphatic carbocycles. The molecule has 3 N–H and O–H groups in total. The topological polar surface area (TPSA) is 78.4 Å². The first kappa shape index (κ1) is 11.9. The number of amides is 2. The van der Waals surface area contributed by atoms with Crippen LogP contribution in [0.1, 0.15) is 6.42 Å². The van der Waals surface area contributed by atoms with E-state index in [0.717, 1.165) is 0 Å². The van der Waals surface area contributed by atoms with Gasteiger partial charge in [-0.05, 0) is 0 Å². The van der Waals surface area contributed by atoms with Crippen LogP contribution in [0.2, 0.25) is 0 Å². The van der Waals surface area contributed by atoms with Crippen LogP contribution in [0.3, 0.4) is 0 Å². The van der Waals surface area contributed by atoms with Gasteiger partial charge in [-0.2, -0.15) is 0 Å². The largest absolute Gasteiger partial charge is 0.480 e. The van der Waals surface area contributed by atoms with Gasteiger partial charge in [0.2, 0.25) is 0 Å². The number of hydrogen-bond donors (Lipinski definition) is 3. The molecule has 14 heavy (non-hydrogen) atoms. The molecule has 0 bridgehead atoms. The minimum atomic E-state index is -1.18. The lowest BCUT2D eigenvalue weighted by atomic mass is 10.2. The Morgan fingerprint density at radius 1 is 1.36 bits per heavy atom. The molecule has 74 valence electrons. The first-order valence-corrected chi connectivity index (χ1v) is 3.76. The lowest BCUT2D eigenvalue weighted by Crippen LogP contribution is -2.45. The van der Waals surface area contributed by atoms with Gasteiger partial charge in [0, 0.05) is 6.42 Å². The highest BCUT2D eigenvalue weighted by molar-refractivity contribution is 5.82. The standard InChI is InChI=1S/C9H10N2O3/c1-3-5-7(8(12)13)11-9(14)10-6-4-2/h1-2,7H,5-6H2,(H,12,13)(H2,10,11,14). The van der Waals surface area contributed by atoms with E-state index in [9.17, 15) is 9.59 Å². The van der Waals surface area contributed by atoms with Crippen molar-refractivity contribution in [1.29, 1.82) is 0 Å². The van der Waals surface area contributed by atoms with Crippen molar-refractivity contribution in [2.45, 2.75) is 12.5 Å². The number of carbonyl (C=O) groups is 2. The normalized spacial score (nSPS) is 10.4. The third kappa shape index (κ3) is 4.68. The lowest BCUT2D eigenvalue weighted by molar-refractivity contribution is -0.139. The summed E-state index contributed by atoms with van der Waals surface area (Å²) in [6.45, 7) is 0.0359. The summed E-state index contributed by atoms with van der Waals surface area (Å²) in [4.78, 5) is 21.5. The van der Waals surface area contributed by atoms with Crippen LogP contribution in [0.25, 0.3) is 0 Å². The van der Waals surface area contributed by atoms with Crippen LogP contribution in [0, 0.1) is 24.7 Å². The first-order valence-electron chi connectivity index (χ1n) is 3.76. The summed E-state index contributed by atoms with van der Waals surface area (Å²) in [5.41, 5.74) is 0. The summed E-state index contributed by atoms with van der Waals surface area (Å²) in [7, 11) is 0. The third-order valence-corrected chi connectivity index (χ3v) is 1.28. The molecule has 0 saturated carbocycles. The average molecular weight is 194 g/mol. The molecule has 1 atom stereocenters. The Hall–Kier alpha value is -2.14. The van der Waals surface area contributed by atoms with E-state index >= 15 is 0 Å². The van der Waals surface area contributed by atoms with E-state index in [1.807, 2.05) is 0 Å². The van der Waals surface area contributed by atoms with Gasteiger partial charge in [0.1, 0.15) is 6.04 Å². The minimum absolute atomic E-state index is 0.0359. The van der Waals surface area contributed by atoms with Crippen molar-refractivity contribution in [2.24, 2.45) is 0 Å². The molecular formula is C9H10N2O3. The summed E-state index contributed by atoms with van der Waals surface area (Å²) in [6, 6.07) is -1.73. The Bertz CT molecular complexity index is 298. The second kappa shape index (κ2) is 6.38. The maximum Gasteiger partial charge on any atom is 0.327 e. The zero-order chi connectivity index (χ0) is 11.0. The molecule has 5 heteroatoms. The van der Waals surface area contributed by atoms with E-state index in [1.165, 1.54) is 0 Å². The fourth-order valence-corrected chi connectivity index (χ4v) is 0.659. The Morgan fingerprint density at radius 2 is 2.00 bits per heavy atom. The van der Waals surface area contributed by atoms with E-state index in [2.05, 4.69) is 22.5 Å². The number of carboxylic acid groups (broad SMARTS) is 1. The van der Waals surface area contributed by atoms with Gasteiger partial charge >= 0.3 is 12.0 Å². The van der Waals surface area contributed by atoms with E-state index in [-0.39, 0.29) is 13.0 Å². The summed E-state index contributed by atoms with van der Waals surface area (Å²) >= 11 is 0. The summed E-state index contributed by atoms with van der Waals surface area (Å²) in [5, 5.41) is 13.0. The van der Waals surface area contributed by atoms with Gasteiger partial charge in [0.25, 0.3) is 0 Å². The van der Waals surface area contributed by atoms with Gasteiger partial charge in [0.15, 0.2) is 0 Å². The Labute approximate surface area is 81.9 Å². The molecule has 0 fully saturated rings. The molecule has 5 nitrogen and oxygen atoms in total. The van der Waals surface area contributed by atoms with Crippen molar-refractivity contribution >= 4 is 12.0 Å². The monoisotopic (exact) mass is 194 g/mol. The number of nitrogens with one attached hydrogen (secondary N) is 2. The molecule has 0 rings (SSSR count). The highest BCUT2D eigenvalue weighted by Crippen LogP contribution is 1.89. The highest BCUT2D eigenvalue weighted by Gasteiger charge is 2.17. The zero-order valence-corrected chi connectivity index (χ0v) is 7.41. The van der Waals surface area contributed by atoms with Crippen LogP contribution < -0.4 is 10.6 Å². The summed E-state index contributed by atoms with van der Waals surface area (Å²) in [5.74, 6) is 3.14. The molecule has 0 aliphatic rings. The van der Waals surface area contributed by atoms with Crippen LogP contribution >= 0.6 is 0 Å². The second-order valence-electron chi connectivity index (χ2n) is 2.33. The van der Waals surface area contributed by atoms with Gasteiger partial charge < -0.3 is 15.7 Å². The van der Waals surface area contributed by atoms with E-state index in [0.29, 0.717) is 0 Å². The fourth-order valence-electron chi connectivity index (χ4n) is 0.659. The molecule has 0 aromatic carbocycles. The molecule has 0 saturated heterocycles. The minimum Gasteiger partial charge on any atom is -0.480 e. The second-order valence-corrected chi connectivity index (χ2v) is 2.33. The van der Waals surface area contributed by atoms with Crippen LogP contribution in [-0.4, -0.2) is 29.7 Å². The van der Waals surface area contributed by atoms with Crippen molar-refractivity contribution in [2.75, 3.05) is 6.54 Å². The number of terminal acetylenes is 2. The average Bonchev–Trinajstić information content (AvgIpc) is 2.14. The van der Waals surface area contributed by atoms with Crippen molar-refractivity contribution in [3.63, 3.8) is 0 Å². The van der Waals surface area contributed by atoms with Crippen LogP contribution in [0.15, 0.2) is 0 Å². The quantitative estimate of drug-likeness (QED) is 0.523. The number of aliphatic carboxylic acids is 1. The number of carbonyl (C=O) groups excluding carboxylic acids is 1. The smallest absolute Gasteiger partial charge is 0.327 e. The van der Waals surface area contributed by atoms with Crippen LogP contribution in [0.4, 0.5) is 4.79 Å². The number of carboxylic acids is 1. The van der Waals surface area contributed by atoms with Crippen molar-refractivity contribution in [3.05, 3.63) is 0 Å². The van der Waals surface area contributed by atoms with Crippen molar-refractivity contribution in [3.8, 4) is 24.7 Å². The first-order chi connectivity index (χ1) is 6.61.